The Labute approximate surface area is 113 Å². The van der Waals surface area contributed by atoms with E-state index in [2.05, 4.69) is 9.99 Å². The lowest BCUT2D eigenvalue weighted by molar-refractivity contribution is -0.136. The lowest BCUT2D eigenvalue weighted by Crippen LogP contribution is -2.06. The van der Waals surface area contributed by atoms with Gasteiger partial charge in [-0.3, -0.25) is 0 Å². The van der Waals surface area contributed by atoms with Crippen LogP contribution >= 0.6 is 34.8 Å². The van der Waals surface area contributed by atoms with E-state index in [1.807, 2.05) is 0 Å². The zero-order valence-corrected chi connectivity index (χ0v) is 10.7. The first-order valence-corrected chi connectivity index (χ1v) is 5.93. The third-order valence-corrected chi connectivity index (χ3v) is 3.26. The molecule has 3 nitrogen and oxygen atoms in total. The van der Waals surface area contributed by atoms with Gasteiger partial charge >= 0.3 is 5.97 Å². The highest BCUT2D eigenvalue weighted by molar-refractivity contribution is 6.43. The van der Waals surface area contributed by atoms with Crippen LogP contribution in [0.3, 0.4) is 0 Å². The Morgan fingerprint density at radius 1 is 1.35 bits per heavy atom. The van der Waals surface area contributed by atoms with Crippen LogP contribution in [0, 0.1) is 0 Å². The summed E-state index contributed by atoms with van der Waals surface area (Å²) in [7, 11) is 0. The summed E-state index contributed by atoms with van der Waals surface area (Å²) < 4.78 is 0. The molecule has 2 rings (SSSR count). The Morgan fingerprint density at radius 3 is 2.82 bits per heavy atom. The molecule has 88 valence electrons. The average Bonchev–Trinajstić information content (AvgIpc) is 2.66. The zero-order chi connectivity index (χ0) is 12.4. The van der Waals surface area contributed by atoms with Crippen LogP contribution in [0.4, 0.5) is 0 Å². The Kier molecular flexibility index (Phi) is 3.72. The van der Waals surface area contributed by atoms with Gasteiger partial charge in [0, 0.05) is 0 Å². The number of carbonyl (C=O) groups is 1. The number of halogens is 3. The Bertz CT molecular complexity index is 538. The van der Waals surface area contributed by atoms with E-state index in [1.54, 1.807) is 24.3 Å². The molecule has 0 saturated carbocycles. The van der Waals surface area contributed by atoms with Crippen molar-refractivity contribution in [3.05, 3.63) is 39.4 Å². The normalized spacial score (nSPS) is 17.2. The fourth-order valence-electron chi connectivity index (χ4n) is 1.34. The van der Waals surface area contributed by atoms with Gasteiger partial charge in [-0.15, -0.1) is 11.6 Å². The van der Waals surface area contributed by atoms with E-state index in [0.717, 1.165) is 0 Å². The molecule has 0 aromatic heterocycles. The molecule has 1 aromatic carbocycles. The maximum atomic E-state index is 11.4. The van der Waals surface area contributed by atoms with Crippen LogP contribution in [0.15, 0.2) is 28.9 Å². The molecule has 0 fully saturated rings. The number of benzene rings is 1. The van der Waals surface area contributed by atoms with Crippen molar-refractivity contribution in [1.82, 2.24) is 0 Å². The topological polar surface area (TPSA) is 38.7 Å². The van der Waals surface area contributed by atoms with Crippen LogP contribution < -0.4 is 0 Å². The monoisotopic (exact) mass is 289 g/mol. The maximum Gasteiger partial charge on any atom is 0.367 e. The molecule has 1 aromatic rings. The van der Waals surface area contributed by atoms with Crippen LogP contribution in [0.25, 0.3) is 6.08 Å². The van der Waals surface area contributed by atoms with Gasteiger partial charge in [-0.1, -0.05) is 40.5 Å². The van der Waals surface area contributed by atoms with E-state index in [4.69, 9.17) is 34.8 Å². The molecule has 0 N–H and O–H groups in total. The number of hydrogen-bond donors (Lipinski definition) is 0. The molecule has 0 unspecified atom stereocenters. The summed E-state index contributed by atoms with van der Waals surface area (Å²) in [5.41, 5.74) is 1.29. The summed E-state index contributed by atoms with van der Waals surface area (Å²) in [5, 5.41) is 4.34. The molecule has 1 aliphatic heterocycles. The van der Waals surface area contributed by atoms with Gasteiger partial charge in [-0.2, -0.15) is 0 Å². The van der Waals surface area contributed by atoms with Crippen molar-refractivity contribution in [2.45, 2.75) is 0 Å². The van der Waals surface area contributed by atoms with Gasteiger partial charge in [0.15, 0.2) is 0 Å². The summed E-state index contributed by atoms with van der Waals surface area (Å²) in [5.74, 6) is -0.452. The van der Waals surface area contributed by atoms with E-state index in [0.29, 0.717) is 26.9 Å². The Hall–Kier alpha value is -1.03. The van der Waals surface area contributed by atoms with Gasteiger partial charge < -0.3 is 4.84 Å². The molecule has 1 aliphatic rings. The summed E-state index contributed by atoms with van der Waals surface area (Å²) in [4.78, 5) is 15.9. The van der Waals surface area contributed by atoms with Crippen LogP contribution in [0.2, 0.25) is 10.0 Å². The SMILES string of the molecule is O=C1ON=C(CCl)/C1=C/c1cccc(Cl)c1Cl. The minimum absolute atomic E-state index is 0.0930. The molecule has 0 radical (unpaired) electrons. The molecule has 0 spiro atoms. The lowest BCUT2D eigenvalue weighted by atomic mass is 10.1. The quantitative estimate of drug-likeness (QED) is 0.475. The van der Waals surface area contributed by atoms with E-state index in [-0.39, 0.29) is 5.88 Å². The van der Waals surface area contributed by atoms with Gasteiger partial charge in [-0.25, -0.2) is 4.79 Å². The van der Waals surface area contributed by atoms with E-state index in [9.17, 15) is 4.79 Å². The number of carbonyl (C=O) groups excluding carboxylic acids is 1. The van der Waals surface area contributed by atoms with Crippen molar-refractivity contribution in [1.29, 1.82) is 0 Å². The fraction of sp³-hybridized carbons (Fsp3) is 0.0909. The predicted molar refractivity (Wildman–Crippen MR) is 68.7 cm³/mol. The number of rotatable bonds is 2. The molecule has 1 heterocycles. The number of nitrogens with zero attached hydrogens (tertiary/aromatic N) is 1. The third-order valence-electron chi connectivity index (χ3n) is 2.18. The molecule has 0 saturated heterocycles. The first-order valence-electron chi connectivity index (χ1n) is 4.63. The number of oxime groups is 1. The molecular formula is C11H6Cl3NO2. The van der Waals surface area contributed by atoms with Gasteiger partial charge in [0.1, 0.15) is 5.71 Å². The maximum absolute atomic E-state index is 11.4. The van der Waals surface area contributed by atoms with Crippen molar-refractivity contribution in [3.63, 3.8) is 0 Å². The van der Waals surface area contributed by atoms with Gasteiger partial charge in [0.25, 0.3) is 0 Å². The summed E-state index contributed by atoms with van der Waals surface area (Å²) in [6.07, 6.45) is 1.56. The standard InChI is InChI=1S/C11H6Cl3NO2/c12-5-9-7(11(16)17-15-9)4-6-2-1-3-8(13)10(6)14/h1-4H,5H2/b7-4-. The van der Waals surface area contributed by atoms with Crippen molar-refractivity contribution in [2.24, 2.45) is 5.16 Å². The van der Waals surface area contributed by atoms with E-state index >= 15 is 0 Å². The fourth-order valence-corrected chi connectivity index (χ4v) is 1.89. The van der Waals surface area contributed by atoms with Crippen molar-refractivity contribution in [3.8, 4) is 0 Å². The largest absolute Gasteiger partial charge is 0.367 e. The highest BCUT2D eigenvalue weighted by Crippen LogP contribution is 2.28. The number of hydrogen-bond acceptors (Lipinski definition) is 3. The minimum Gasteiger partial charge on any atom is -0.312 e. The van der Waals surface area contributed by atoms with Crippen molar-refractivity contribution >= 4 is 52.6 Å². The second kappa shape index (κ2) is 5.08. The first kappa shape index (κ1) is 12.4. The van der Waals surface area contributed by atoms with E-state index in [1.165, 1.54) is 0 Å². The molecule has 6 heteroatoms. The average molecular weight is 291 g/mol. The van der Waals surface area contributed by atoms with Crippen LogP contribution in [0.1, 0.15) is 5.56 Å². The summed E-state index contributed by atoms with van der Waals surface area (Å²) in [6, 6.07) is 5.13. The van der Waals surface area contributed by atoms with Crippen molar-refractivity contribution in [2.75, 3.05) is 5.88 Å². The van der Waals surface area contributed by atoms with Crippen LogP contribution in [-0.4, -0.2) is 17.6 Å². The zero-order valence-electron chi connectivity index (χ0n) is 8.41. The smallest absolute Gasteiger partial charge is 0.312 e. The summed E-state index contributed by atoms with van der Waals surface area (Å²) in [6.45, 7) is 0. The molecule has 0 atom stereocenters. The predicted octanol–water partition coefficient (Wildman–Crippen LogP) is 3.53. The molecule has 0 aliphatic carbocycles. The Balaban J connectivity index is 2.45. The third kappa shape index (κ3) is 2.46. The molecule has 17 heavy (non-hydrogen) atoms. The van der Waals surface area contributed by atoms with Gasteiger partial charge in [0.2, 0.25) is 0 Å². The number of alkyl halides is 1. The highest BCUT2D eigenvalue weighted by atomic mass is 35.5. The van der Waals surface area contributed by atoms with Gasteiger partial charge in [-0.05, 0) is 17.7 Å². The van der Waals surface area contributed by atoms with E-state index < -0.39 is 5.97 Å². The molecule has 0 bridgehead atoms. The van der Waals surface area contributed by atoms with Crippen molar-refractivity contribution < 1.29 is 9.63 Å². The summed E-state index contributed by atoms with van der Waals surface area (Å²) >= 11 is 17.5. The van der Waals surface area contributed by atoms with Crippen LogP contribution in [-0.2, 0) is 9.63 Å². The molecule has 0 amide bonds. The second-order valence-corrected chi connectivity index (χ2v) is 4.30. The van der Waals surface area contributed by atoms with Gasteiger partial charge in [0.05, 0.1) is 21.5 Å². The lowest BCUT2D eigenvalue weighted by Gasteiger charge is -2.01. The first-order chi connectivity index (χ1) is 8.13. The molecular weight excluding hydrogens is 284 g/mol. The second-order valence-electron chi connectivity index (χ2n) is 3.25. The Morgan fingerprint density at radius 2 is 2.12 bits per heavy atom. The highest BCUT2D eigenvalue weighted by Gasteiger charge is 2.24. The van der Waals surface area contributed by atoms with Crippen LogP contribution in [0.5, 0.6) is 0 Å². The minimum atomic E-state index is -0.545.